The number of rotatable bonds is 4. The van der Waals surface area contributed by atoms with Crippen LogP contribution in [-0.2, 0) is 6.54 Å². The van der Waals surface area contributed by atoms with Crippen LogP contribution in [0, 0.1) is 0 Å². The Morgan fingerprint density at radius 1 is 1.31 bits per heavy atom. The summed E-state index contributed by atoms with van der Waals surface area (Å²) < 4.78 is 0.827. The van der Waals surface area contributed by atoms with Gasteiger partial charge in [0.25, 0.3) is 0 Å². The van der Waals surface area contributed by atoms with Gasteiger partial charge < -0.3 is 10.6 Å². The zero-order valence-electron chi connectivity index (χ0n) is 8.57. The molecular formula is C9H10BrN5S. The van der Waals surface area contributed by atoms with Crippen molar-refractivity contribution in [2.75, 3.05) is 17.7 Å². The lowest BCUT2D eigenvalue weighted by molar-refractivity contribution is 1.03. The third kappa shape index (κ3) is 2.48. The first-order valence-corrected chi connectivity index (χ1v) is 6.34. The summed E-state index contributed by atoms with van der Waals surface area (Å²) in [5.74, 6) is 1.52. The average molecular weight is 300 g/mol. The number of anilines is 2. The molecule has 2 rings (SSSR count). The van der Waals surface area contributed by atoms with Gasteiger partial charge in [-0.3, -0.25) is 0 Å². The van der Waals surface area contributed by atoms with Gasteiger partial charge in [0.05, 0.1) is 17.7 Å². The molecule has 7 heteroatoms. The first-order chi connectivity index (χ1) is 7.81. The van der Waals surface area contributed by atoms with Crippen LogP contribution in [0.5, 0.6) is 0 Å². The van der Waals surface area contributed by atoms with E-state index in [1.165, 1.54) is 6.33 Å². The third-order valence-corrected chi connectivity index (χ3v) is 3.33. The monoisotopic (exact) mass is 299 g/mol. The number of nitrogens with zero attached hydrogens (tertiary/aromatic N) is 3. The van der Waals surface area contributed by atoms with Crippen molar-refractivity contribution in [1.82, 2.24) is 15.0 Å². The quantitative estimate of drug-likeness (QED) is 0.907. The van der Waals surface area contributed by atoms with Crippen molar-refractivity contribution in [2.45, 2.75) is 6.54 Å². The van der Waals surface area contributed by atoms with Gasteiger partial charge >= 0.3 is 0 Å². The molecule has 0 amide bonds. The highest BCUT2D eigenvalue weighted by Crippen LogP contribution is 2.26. The van der Waals surface area contributed by atoms with E-state index in [1.807, 2.05) is 17.9 Å². The molecule has 2 aromatic heterocycles. The van der Waals surface area contributed by atoms with Crippen LogP contribution >= 0.6 is 27.3 Å². The molecule has 0 aliphatic heterocycles. The standard InChI is InChI=1S/C9H10BrN5S/c1-11-8-7(10)9(14-4-13-8)12-2-6-3-16-5-15-6/h3-5H,2H2,1H3,(H2,11,12,13,14). The van der Waals surface area contributed by atoms with Crippen molar-refractivity contribution < 1.29 is 0 Å². The lowest BCUT2D eigenvalue weighted by Crippen LogP contribution is -2.04. The minimum atomic E-state index is 0.655. The number of hydrogen-bond acceptors (Lipinski definition) is 6. The van der Waals surface area contributed by atoms with Crippen LogP contribution in [0.1, 0.15) is 5.69 Å². The Balaban J connectivity index is 2.09. The maximum Gasteiger partial charge on any atom is 0.146 e. The Kier molecular flexibility index (Phi) is 3.68. The van der Waals surface area contributed by atoms with Gasteiger partial charge in [-0.15, -0.1) is 11.3 Å². The molecule has 2 aromatic rings. The van der Waals surface area contributed by atoms with Gasteiger partial charge in [-0.2, -0.15) is 0 Å². The summed E-state index contributed by atoms with van der Waals surface area (Å²) in [5, 5.41) is 8.17. The molecular weight excluding hydrogens is 290 g/mol. The molecule has 2 heterocycles. The van der Waals surface area contributed by atoms with Crippen molar-refractivity contribution in [1.29, 1.82) is 0 Å². The zero-order chi connectivity index (χ0) is 11.4. The van der Waals surface area contributed by atoms with Crippen molar-refractivity contribution in [2.24, 2.45) is 0 Å². The fourth-order valence-electron chi connectivity index (χ4n) is 1.17. The Bertz CT molecular complexity index is 459. The summed E-state index contributed by atoms with van der Waals surface area (Å²) in [5.41, 5.74) is 2.81. The fourth-order valence-corrected chi connectivity index (χ4v) is 2.27. The summed E-state index contributed by atoms with van der Waals surface area (Å²) in [6.45, 7) is 0.655. The molecule has 0 radical (unpaired) electrons. The molecule has 0 aliphatic carbocycles. The molecule has 0 spiro atoms. The maximum atomic E-state index is 4.19. The molecule has 16 heavy (non-hydrogen) atoms. The molecule has 5 nitrogen and oxygen atoms in total. The second-order valence-electron chi connectivity index (χ2n) is 2.97. The molecule has 0 fully saturated rings. The smallest absolute Gasteiger partial charge is 0.146 e. The van der Waals surface area contributed by atoms with Crippen LogP contribution in [0.3, 0.4) is 0 Å². The molecule has 0 atom stereocenters. The fraction of sp³-hybridized carbons (Fsp3) is 0.222. The Morgan fingerprint density at radius 2 is 2.12 bits per heavy atom. The van der Waals surface area contributed by atoms with Crippen molar-refractivity contribution in [3.8, 4) is 0 Å². The van der Waals surface area contributed by atoms with Crippen LogP contribution in [0.2, 0.25) is 0 Å². The van der Waals surface area contributed by atoms with Gasteiger partial charge in [0.15, 0.2) is 0 Å². The minimum Gasteiger partial charge on any atom is -0.372 e. The predicted octanol–water partition coefficient (Wildman–Crippen LogP) is 2.35. The van der Waals surface area contributed by atoms with E-state index < -0.39 is 0 Å². The SMILES string of the molecule is CNc1ncnc(NCc2cscn2)c1Br. The van der Waals surface area contributed by atoms with Gasteiger partial charge in [-0.1, -0.05) is 0 Å². The molecule has 0 bridgehead atoms. The number of aromatic nitrogens is 3. The summed E-state index contributed by atoms with van der Waals surface area (Å²) in [4.78, 5) is 12.4. The van der Waals surface area contributed by atoms with Crippen molar-refractivity contribution >= 4 is 38.9 Å². The van der Waals surface area contributed by atoms with E-state index in [0.717, 1.165) is 21.8 Å². The second kappa shape index (κ2) is 5.22. The van der Waals surface area contributed by atoms with E-state index in [-0.39, 0.29) is 0 Å². The van der Waals surface area contributed by atoms with Crippen LogP contribution in [-0.4, -0.2) is 22.0 Å². The van der Waals surface area contributed by atoms with E-state index >= 15 is 0 Å². The highest BCUT2D eigenvalue weighted by atomic mass is 79.9. The van der Waals surface area contributed by atoms with Crippen LogP contribution in [0.4, 0.5) is 11.6 Å². The van der Waals surface area contributed by atoms with Gasteiger partial charge in [0.1, 0.15) is 22.4 Å². The number of nitrogens with one attached hydrogen (secondary N) is 2. The van der Waals surface area contributed by atoms with E-state index in [1.54, 1.807) is 11.3 Å². The van der Waals surface area contributed by atoms with Crippen LogP contribution in [0.15, 0.2) is 21.7 Å². The second-order valence-corrected chi connectivity index (χ2v) is 4.48. The van der Waals surface area contributed by atoms with E-state index in [2.05, 4.69) is 41.5 Å². The Morgan fingerprint density at radius 3 is 2.81 bits per heavy atom. The topological polar surface area (TPSA) is 62.7 Å². The summed E-state index contributed by atoms with van der Waals surface area (Å²) >= 11 is 5.02. The van der Waals surface area contributed by atoms with Crippen molar-refractivity contribution in [3.63, 3.8) is 0 Å². The Labute approximate surface area is 105 Å². The average Bonchev–Trinajstić information content (AvgIpc) is 2.81. The van der Waals surface area contributed by atoms with E-state index in [0.29, 0.717) is 6.54 Å². The largest absolute Gasteiger partial charge is 0.372 e. The minimum absolute atomic E-state index is 0.655. The lowest BCUT2D eigenvalue weighted by atomic mass is 10.4. The molecule has 0 saturated heterocycles. The molecule has 2 N–H and O–H groups in total. The molecule has 0 aliphatic rings. The third-order valence-electron chi connectivity index (χ3n) is 1.95. The van der Waals surface area contributed by atoms with E-state index in [4.69, 9.17) is 0 Å². The molecule has 0 unspecified atom stereocenters. The number of thiazole rings is 1. The zero-order valence-corrected chi connectivity index (χ0v) is 11.0. The first-order valence-electron chi connectivity index (χ1n) is 4.60. The van der Waals surface area contributed by atoms with Crippen LogP contribution in [0.25, 0.3) is 0 Å². The number of halogens is 1. The highest BCUT2D eigenvalue weighted by Gasteiger charge is 2.06. The van der Waals surface area contributed by atoms with Crippen LogP contribution < -0.4 is 10.6 Å². The van der Waals surface area contributed by atoms with Gasteiger partial charge in [-0.05, 0) is 15.9 Å². The normalized spacial score (nSPS) is 10.1. The summed E-state index contributed by atoms with van der Waals surface area (Å²) in [7, 11) is 1.82. The van der Waals surface area contributed by atoms with Gasteiger partial charge in [0.2, 0.25) is 0 Å². The molecule has 0 saturated carbocycles. The summed E-state index contributed by atoms with van der Waals surface area (Å²) in [6.07, 6.45) is 1.51. The van der Waals surface area contributed by atoms with Gasteiger partial charge in [0, 0.05) is 12.4 Å². The van der Waals surface area contributed by atoms with E-state index in [9.17, 15) is 0 Å². The molecule has 84 valence electrons. The lowest BCUT2D eigenvalue weighted by Gasteiger charge is -2.08. The maximum absolute atomic E-state index is 4.19. The first kappa shape index (κ1) is 11.3. The summed E-state index contributed by atoms with van der Waals surface area (Å²) in [6, 6.07) is 0. The predicted molar refractivity (Wildman–Crippen MR) is 68.7 cm³/mol. The number of hydrogen-bond donors (Lipinski definition) is 2. The molecule has 0 aromatic carbocycles. The van der Waals surface area contributed by atoms with Gasteiger partial charge in [-0.25, -0.2) is 15.0 Å². The Hall–Kier alpha value is -1.21. The highest BCUT2D eigenvalue weighted by molar-refractivity contribution is 9.10. The van der Waals surface area contributed by atoms with Crippen molar-refractivity contribution in [3.05, 3.63) is 27.4 Å².